The first-order valence-electron chi connectivity index (χ1n) is 5.20. The van der Waals surface area contributed by atoms with Gasteiger partial charge in [-0.2, -0.15) is 0 Å². The number of nitrogens with zero attached hydrogens (tertiary/aromatic N) is 1. The maximum Gasteiger partial charge on any atom is 0.230 e. The largest absolute Gasteiger partial charge is 0.355 e. The Balaban J connectivity index is 2.19. The summed E-state index contributed by atoms with van der Waals surface area (Å²) in [5.41, 5.74) is 0. The van der Waals surface area contributed by atoms with Crippen molar-refractivity contribution < 1.29 is 4.79 Å². The van der Waals surface area contributed by atoms with Gasteiger partial charge in [-0.3, -0.25) is 4.79 Å². The molecule has 1 aliphatic heterocycles. The smallest absolute Gasteiger partial charge is 0.230 e. The van der Waals surface area contributed by atoms with Gasteiger partial charge in [0.05, 0.1) is 5.33 Å². The van der Waals surface area contributed by atoms with Gasteiger partial charge in [0.25, 0.3) is 0 Å². The van der Waals surface area contributed by atoms with Crippen LogP contribution in [0.3, 0.4) is 0 Å². The van der Waals surface area contributed by atoms with Gasteiger partial charge < -0.3 is 10.2 Å². The lowest BCUT2D eigenvalue weighted by molar-refractivity contribution is -0.118. The summed E-state index contributed by atoms with van der Waals surface area (Å²) in [6, 6.07) is 0.631. The average Bonchev–Trinajstić information content (AvgIpc) is 2.62. The molecule has 1 atom stereocenters. The minimum Gasteiger partial charge on any atom is -0.355 e. The number of hydrogen-bond donors (Lipinski definition) is 1. The Morgan fingerprint density at radius 2 is 2.36 bits per heavy atom. The molecule has 1 unspecified atom stereocenters. The Morgan fingerprint density at radius 3 is 2.86 bits per heavy atom. The first-order chi connectivity index (χ1) is 6.63. The van der Waals surface area contributed by atoms with Crippen LogP contribution in [-0.4, -0.2) is 41.8 Å². The third-order valence-electron chi connectivity index (χ3n) is 2.76. The number of hydrogen-bond acceptors (Lipinski definition) is 2. The van der Waals surface area contributed by atoms with Crippen LogP contribution in [0, 0.1) is 5.92 Å². The van der Waals surface area contributed by atoms with E-state index in [0.717, 1.165) is 13.1 Å². The van der Waals surface area contributed by atoms with E-state index in [9.17, 15) is 4.79 Å². The fraction of sp³-hybridized carbons (Fsp3) is 0.900. The molecule has 1 fully saturated rings. The number of amides is 1. The van der Waals surface area contributed by atoms with E-state index < -0.39 is 0 Å². The predicted octanol–water partition coefficient (Wildman–Crippen LogP) is 1.23. The molecule has 0 aromatic carbocycles. The van der Waals surface area contributed by atoms with Crippen molar-refractivity contribution in [3.8, 4) is 0 Å². The van der Waals surface area contributed by atoms with E-state index >= 15 is 0 Å². The van der Waals surface area contributed by atoms with Gasteiger partial charge in [-0.1, -0.05) is 15.9 Å². The van der Waals surface area contributed by atoms with Crippen molar-refractivity contribution in [3.63, 3.8) is 0 Å². The van der Waals surface area contributed by atoms with E-state index in [1.807, 2.05) is 0 Å². The number of alkyl halides is 1. The van der Waals surface area contributed by atoms with Gasteiger partial charge in [-0.25, -0.2) is 0 Å². The molecule has 1 N–H and O–H groups in total. The molecular weight excluding hydrogens is 244 g/mol. The van der Waals surface area contributed by atoms with Crippen LogP contribution in [0.1, 0.15) is 20.3 Å². The van der Waals surface area contributed by atoms with E-state index in [-0.39, 0.29) is 5.91 Å². The summed E-state index contributed by atoms with van der Waals surface area (Å²) in [6.45, 7) is 7.57. The van der Waals surface area contributed by atoms with Crippen molar-refractivity contribution in [2.24, 2.45) is 5.92 Å². The summed E-state index contributed by atoms with van der Waals surface area (Å²) in [5.74, 6) is 0.730. The molecule has 0 saturated carbocycles. The molecule has 1 rings (SSSR count). The Labute approximate surface area is 94.4 Å². The lowest BCUT2D eigenvalue weighted by Crippen LogP contribution is -2.33. The molecule has 14 heavy (non-hydrogen) atoms. The standard InChI is InChI=1S/C10H19BrN2O/c1-8(2)13-4-3-9(7-13)6-12-10(14)5-11/h8-9H,3-7H2,1-2H3,(H,12,14). The average molecular weight is 263 g/mol. The van der Waals surface area contributed by atoms with Crippen LogP contribution in [-0.2, 0) is 4.79 Å². The Hall–Kier alpha value is -0.0900. The second-order valence-corrected chi connectivity index (χ2v) is 4.74. The van der Waals surface area contributed by atoms with Crippen LogP contribution in [0.4, 0.5) is 0 Å². The molecule has 0 radical (unpaired) electrons. The van der Waals surface area contributed by atoms with Crippen molar-refractivity contribution >= 4 is 21.8 Å². The Morgan fingerprint density at radius 1 is 1.64 bits per heavy atom. The molecule has 1 saturated heterocycles. The van der Waals surface area contributed by atoms with Crippen LogP contribution in [0.25, 0.3) is 0 Å². The van der Waals surface area contributed by atoms with Gasteiger partial charge >= 0.3 is 0 Å². The van der Waals surface area contributed by atoms with Crippen LogP contribution in [0.5, 0.6) is 0 Å². The van der Waals surface area contributed by atoms with Crippen LogP contribution >= 0.6 is 15.9 Å². The molecular formula is C10H19BrN2O. The molecule has 0 aromatic rings. The molecule has 0 spiro atoms. The number of halogens is 1. The summed E-state index contributed by atoms with van der Waals surface area (Å²) < 4.78 is 0. The monoisotopic (exact) mass is 262 g/mol. The molecule has 3 nitrogen and oxygen atoms in total. The summed E-state index contributed by atoms with van der Waals surface area (Å²) in [6.07, 6.45) is 1.21. The number of rotatable bonds is 4. The first kappa shape index (κ1) is 12.0. The normalized spacial score (nSPS) is 23.0. The third kappa shape index (κ3) is 3.58. The number of nitrogens with one attached hydrogen (secondary N) is 1. The highest BCUT2D eigenvalue weighted by atomic mass is 79.9. The maximum absolute atomic E-state index is 11.0. The number of likely N-dealkylation sites (tertiary alicyclic amines) is 1. The Kier molecular flexibility index (Phi) is 4.89. The van der Waals surface area contributed by atoms with Crippen molar-refractivity contribution in [1.82, 2.24) is 10.2 Å². The van der Waals surface area contributed by atoms with Crippen molar-refractivity contribution in [2.45, 2.75) is 26.3 Å². The van der Waals surface area contributed by atoms with Crippen LogP contribution in [0.15, 0.2) is 0 Å². The molecule has 0 aliphatic carbocycles. The van der Waals surface area contributed by atoms with Gasteiger partial charge in [-0.15, -0.1) is 0 Å². The van der Waals surface area contributed by atoms with Gasteiger partial charge in [0.1, 0.15) is 0 Å². The van der Waals surface area contributed by atoms with E-state index in [1.165, 1.54) is 13.0 Å². The zero-order valence-corrected chi connectivity index (χ0v) is 10.5. The molecule has 1 aliphatic rings. The third-order valence-corrected chi connectivity index (χ3v) is 3.27. The van der Waals surface area contributed by atoms with Crippen molar-refractivity contribution in [1.29, 1.82) is 0 Å². The molecule has 0 bridgehead atoms. The van der Waals surface area contributed by atoms with E-state index in [4.69, 9.17) is 0 Å². The summed E-state index contributed by atoms with van der Waals surface area (Å²) in [5, 5.41) is 3.33. The van der Waals surface area contributed by atoms with Crippen LogP contribution < -0.4 is 5.32 Å². The zero-order valence-electron chi connectivity index (χ0n) is 8.92. The fourth-order valence-corrected chi connectivity index (χ4v) is 2.00. The minimum atomic E-state index is 0.0907. The van der Waals surface area contributed by atoms with Gasteiger partial charge in [0, 0.05) is 19.1 Å². The van der Waals surface area contributed by atoms with Gasteiger partial charge in [-0.05, 0) is 32.7 Å². The number of carbonyl (C=O) groups is 1. The molecule has 1 heterocycles. The summed E-state index contributed by atoms with van der Waals surface area (Å²) >= 11 is 3.14. The lowest BCUT2D eigenvalue weighted by atomic mass is 10.1. The Bertz CT molecular complexity index is 197. The van der Waals surface area contributed by atoms with Gasteiger partial charge in [0.15, 0.2) is 0 Å². The number of carbonyl (C=O) groups excluding carboxylic acids is 1. The van der Waals surface area contributed by atoms with E-state index in [1.54, 1.807) is 0 Å². The summed E-state index contributed by atoms with van der Waals surface area (Å²) in [4.78, 5) is 13.5. The highest BCUT2D eigenvalue weighted by Gasteiger charge is 2.23. The highest BCUT2D eigenvalue weighted by molar-refractivity contribution is 9.09. The second-order valence-electron chi connectivity index (χ2n) is 4.18. The van der Waals surface area contributed by atoms with E-state index in [0.29, 0.717) is 17.3 Å². The molecule has 82 valence electrons. The minimum absolute atomic E-state index is 0.0907. The van der Waals surface area contributed by atoms with Crippen molar-refractivity contribution in [2.75, 3.05) is 25.0 Å². The predicted molar refractivity (Wildman–Crippen MR) is 61.6 cm³/mol. The maximum atomic E-state index is 11.0. The van der Waals surface area contributed by atoms with Gasteiger partial charge in [0.2, 0.25) is 5.91 Å². The van der Waals surface area contributed by atoms with Crippen molar-refractivity contribution in [3.05, 3.63) is 0 Å². The van der Waals surface area contributed by atoms with Crippen LogP contribution in [0.2, 0.25) is 0 Å². The molecule has 4 heteroatoms. The highest BCUT2D eigenvalue weighted by Crippen LogP contribution is 2.17. The van der Waals surface area contributed by atoms with E-state index in [2.05, 4.69) is 40.0 Å². The molecule has 0 aromatic heterocycles. The topological polar surface area (TPSA) is 32.3 Å². The quantitative estimate of drug-likeness (QED) is 0.774. The fourth-order valence-electron chi connectivity index (χ4n) is 1.80. The first-order valence-corrected chi connectivity index (χ1v) is 6.32. The second kappa shape index (κ2) is 5.71. The summed E-state index contributed by atoms with van der Waals surface area (Å²) in [7, 11) is 0. The zero-order chi connectivity index (χ0) is 10.6. The molecule has 1 amide bonds. The lowest BCUT2D eigenvalue weighted by Gasteiger charge is -2.20. The SMILES string of the molecule is CC(C)N1CCC(CNC(=O)CBr)C1.